The number of carbonyl (C=O) groups excluding carboxylic acids is 2. The van der Waals surface area contributed by atoms with Crippen LogP contribution in [0.25, 0.3) is 0 Å². The van der Waals surface area contributed by atoms with Crippen LogP contribution in [-0.2, 0) is 14.3 Å². The Labute approximate surface area is 157 Å². The molecule has 0 aliphatic carbocycles. The van der Waals surface area contributed by atoms with Crippen LogP contribution in [-0.4, -0.2) is 62.7 Å². The van der Waals surface area contributed by atoms with Gasteiger partial charge in [0.05, 0.1) is 23.3 Å². The molecule has 2 amide bonds. The minimum absolute atomic E-state index is 0.192. The van der Waals surface area contributed by atoms with Crippen LogP contribution in [0.5, 0.6) is 0 Å². The first-order valence-corrected chi connectivity index (χ1v) is 9.16. The summed E-state index contributed by atoms with van der Waals surface area (Å²) in [5, 5.41) is 3.71. The minimum Gasteiger partial charge on any atom is -0.379 e. The van der Waals surface area contributed by atoms with Gasteiger partial charge in [-0.2, -0.15) is 0 Å². The maximum absolute atomic E-state index is 12.6. The maximum atomic E-state index is 12.6. The fourth-order valence-corrected chi connectivity index (χ4v) is 3.41. The second kappa shape index (κ2) is 8.36. The van der Waals surface area contributed by atoms with E-state index in [0.717, 1.165) is 32.8 Å². The van der Waals surface area contributed by atoms with E-state index in [0.29, 0.717) is 35.2 Å². The first-order valence-electron chi connectivity index (χ1n) is 8.40. The summed E-state index contributed by atoms with van der Waals surface area (Å²) in [6, 6.07) is 5.05. The van der Waals surface area contributed by atoms with Gasteiger partial charge in [0.25, 0.3) is 0 Å². The summed E-state index contributed by atoms with van der Waals surface area (Å²) in [5.41, 5.74) is 0.669. The van der Waals surface area contributed by atoms with Crippen LogP contribution < -0.4 is 10.2 Å². The van der Waals surface area contributed by atoms with Crippen molar-refractivity contribution in [3.05, 3.63) is 28.2 Å². The average Bonchev–Trinajstić information content (AvgIpc) is 3.00. The Morgan fingerprint density at radius 3 is 2.68 bits per heavy atom. The van der Waals surface area contributed by atoms with Crippen LogP contribution in [0.15, 0.2) is 18.2 Å². The van der Waals surface area contributed by atoms with E-state index in [4.69, 9.17) is 27.9 Å². The molecule has 0 unspecified atom stereocenters. The molecule has 3 rings (SSSR count). The van der Waals surface area contributed by atoms with Gasteiger partial charge in [-0.1, -0.05) is 23.2 Å². The second-order valence-corrected chi connectivity index (χ2v) is 6.99. The summed E-state index contributed by atoms with van der Waals surface area (Å²) in [7, 11) is 0. The molecule has 2 heterocycles. The molecule has 2 aliphatic heterocycles. The summed E-state index contributed by atoms with van der Waals surface area (Å²) in [5.74, 6) is -1.04. The Kier molecular flexibility index (Phi) is 6.17. The average molecular weight is 386 g/mol. The van der Waals surface area contributed by atoms with Gasteiger partial charge in [-0.15, -0.1) is 0 Å². The number of amides is 2. The molecule has 0 radical (unpaired) electrons. The molecule has 1 aromatic carbocycles. The molecule has 1 N–H and O–H groups in total. The molecular formula is C17H21Cl2N3O3. The van der Waals surface area contributed by atoms with E-state index >= 15 is 0 Å². The predicted molar refractivity (Wildman–Crippen MR) is 97.2 cm³/mol. The van der Waals surface area contributed by atoms with Crippen LogP contribution in [0, 0.1) is 5.92 Å². The standard InChI is InChI=1S/C17H21Cl2N3O3/c18-14-2-1-12(11-15(14)19)22-5-3-13(17(22)24)16(23)20-4-6-21-7-9-25-10-8-21/h1-2,11,13H,3-10H2,(H,20,23)/t13-/m0/s1. The molecule has 1 aromatic rings. The van der Waals surface area contributed by atoms with Gasteiger partial charge in [-0.3, -0.25) is 14.5 Å². The van der Waals surface area contributed by atoms with Gasteiger partial charge in [-0.05, 0) is 24.6 Å². The minimum atomic E-state index is -0.640. The summed E-state index contributed by atoms with van der Waals surface area (Å²) >= 11 is 11.9. The van der Waals surface area contributed by atoms with Crippen LogP contribution in [0.4, 0.5) is 5.69 Å². The van der Waals surface area contributed by atoms with Crippen LogP contribution in [0.2, 0.25) is 10.0 Å². The number of nitrogens with one attached hydrogen (secondary N) is 1. The van der Waals surface area contributed by atoms with Gasteiger partial charge in [0, 0.05) is 38.4 Å². The van der Waals surface area contributed by atoms with E-state index in [9.17, 15) is 9.59 Å². The molecular weight excluding hydrogens is 365 g/mol. The third-order valence-corrected chi connectivity index (χ3v) is 5.31. The first-order chi connectivity index (χ1) is 12.1. The lowest BCUT2D eigenvalue weighted by Gasteiger charge is -2.26. The van der Waals surface area contributed by atoms with Gasteiger partial charge < -0.3 is 15.0 Å². The molecule has 1 atom stereocenters. The Hall–Kier alpha value is -1.34. The van der Waals surface area contributed by atoms with Crippen LogP contribution in [0.1, 0.15) is 6.42 Å². The van der Waals surface area contributed by atoms with Gasteiger partial charge in [-0.25, -0.2) is 0 Å². The zero-order valence-electron chi connectivity index (χ0n) is 13.8. The van der Waals surface area contributed by atoms with E-state index in [1.165, 1.54) is 0 Å². The molecule has 2 saturated heterocycles. The van der Waals surface area contributed by atoms with Crippen molar-refractivity contribution in [3.8, 4) is 0 Å². The maximum Gasteiger partial charge on any atom is 0.239 e. The Morgan fingerprint density at radius 1 is 1.20 bits per heavy atom. The predicted octanol–water partition coefficient (Wildman–Crippen LogP) is 1.79. The number of hydrogen-bond acceptors (Lipinski definition) is 4. The molecule has 0 aromatic heterocycles. The third kappa shape index (κ3) is 4.44. The number of hydrogen-bond donors (Lipinski definition) is 1. The summed E-state index contributed by atoms with van der Waals surface area (Å²) in [6.45, 7) is 5.02. The summed E-state index contributed by atoms with van der Waals surface area (Å²) < 4.78 is 5.30. The highest BCUT2D eigenvalue weighted by Gasteiger charge is 2.37. The van der Waals surface area contributed by atoms with Crippen molar-refractivity contribution in [1.82, 2.24) is 10.2 Å². The lowest BCUT2D eigenvalue weighted by molar-refractivity contribution is -0.132. The van der Waals surface area contributed by atoms with Gasteiger partial charge >= 0.3 is 0 Å². The van der Waals surface area contributed by atoms with Crippen molar-refractivity contribution in [3.63, 3.8) is 0 Å². The smallest absolute Gasteiger partial charge is 0.239 e. The number of rotatable bonds is 5. The number of benzene rings is 1. The van der Waals surface area contributed by atoms with E-state index in [1.54, 1.807) is 23.1 Å². The highest BCUT2D eigenvalue weighted by Crippen LogP contribution is 2.31. The van der Waals surface area contributed by atoms with E-state index in [2.05, 4.69) is 10.2 Å². The molecule has 8 heteroatoms. The Bertz CT molecular complexity index is 650. The zero-order chi connectivity index (χ0) is 17.8. The highest BCUT2D eigenvalue weighted by molar-refractivity contribution is 6.42. The molecule has 136 valence electrons. The molecule has 0 saturated carbocycles. The lowest BCUT2D eigenvalue weighted by atomic mass is 10.1. The number of ether oxygens (including phenoxy) is 1. The summed E-state index contributed by atoms with van der Waals surface area (Å²) in [4.78, 5) is 28.7. The molecule has 0 spiro atoms. The fourth-order valence-electron chi connectivity index (χ4n) is 3.12. The Morgan fingerprint density at radius 2 is 1.96 bits per heavy atom. The van der Waals surface area contributed by atoms with Crippen molar-refractivity contribution < 1.29 is 14.3 Å². The molecule has 2 fully saturated rings. The monoisotopic (exact) mass is 385 g/mol. The fraction of sp³-hybridized carbons (Fsp3) is 0.529. The van der Waals surface area contributed by atoms with E-state index in [-0.39, 0.29) is 11.8 Å². The quantitative estimate of drug-likeness (QED) is 0.784. The summed E-state index contributed by atoms with van der Waals surface area (Å²) in [6.07, 6.45) is 0.502. The number of nitrogens with zero attached hydrogens (tertiary/aromatic N) is 2. The largest absolute Gasteiger partial charge is 0.379 e. The lowest BCUT2D eigenvalue weighted by Crippen LogP contribution is -2.43. The number of morpholine rings is 1. The Balaban J connectivity index is 1.52. The first kappa shape index (κ1) is 18.5. The number of carbonyl (C=O) groups is 2. The topological polar surface area (TPSA) is 61.9 Å². The molecule has 2 aliphatic rings. The van der Waals surface area contributed by atoms with Crippen molar-refractivity contribution in [2.24, 2.45) is 5.92 Å². The van der Waals surface area contributed by atoms with Crippen LogP contribution >= 0.6 is 23.2 Å². The second-order valence-electron chi connectivity index (χ2n) is 6.17. The van der Waals surface area contributed by atoms with Crippen molar-refractivity contribution in [2.75, 3.05) is 50.8 Å². The zero-order valence-corrected chi connectivity index (χ0v) is 15.4. The molecule has 25 heavy (non-hydrogen) atoms. The number of halogens is 2. The van der Waals surface area contributed by atoms with Gasteiger partial charge in [0.2, 0.25) is 11.8 Å². The van der Waals surface area contributed by atoms with Gasteiger partial charge in [0.15, 0.2) is 0 Å². The molecule has 6 nitrogen and oxygen atoms in total. The normalized spacial score (nSPS) is 21.6. The third-order valence-electron chi connectivity index (χ3n) is 4.57. The van der Waals surface area contributed by atoms with E-state index < -0.39 is 5.92 Å². The highest BCUT2D eigenvalue weighted by atomic mass is 35.5. The molecule has 0 bridgehead atoms. The van der Waals surface area contributed by atoms with Crippen molar-refractivity contribution in [1.29, 1.82) is 0 Å². The SMILES string of the molecule is O=C(NCCN1CCOCC1)[C@@H]1CCN(c2ccc(Cl)c(Cl)c2)C1=O. The number of anilines is 1. The van der Waals surface area contributed by atoms with Gasteiger partial charge in [0.1, 0.15) is 5.92 Å². The van der Waals surface area contributed by atoms with Crippen LogP contribution in [0.3, 0.4) is 0 Å². The van der Waals surface area contributed by atoms with Crippen molar-refractivity contribution >= 4 is 40.7 Å². The van der Waals surface area contributed by atoms with Crippen molar-refractivity contribution in [2.45, 2.75) is 6.42 Å². The van der Waals surface area contributed by atoms with E-state index in [1.807, 2.05) is 0 Å².